The van der Waals surface area contributed by atoms with E-state index in [0.717, 1.165) is 16.2 Å². The predicted octanol–water partition coefficient (Wildman–Crippen LogP) is 3.42. The highest BCUT2D eigenvalue weighted by atomic mass is 79.9. The third-order valence-electron chi connectivity index (χ3n) is 2.23. The van der Waals surface area contributed by atoms with Crippen LogP contribution >= 0.6 is 27.5 Å². The largest absolute Gasteiger partial charge is 0.487 e. The van der Waals surface area contributed by atoms with Crippen LogP contribution in [-0.4, -0.2) is 9.55 Å². The van der Waals surface area contributed by atoms with Gasteiger partial charge in [-0.05, 0) is 40.2 Å². The standard InChI is InChI=1S/C11H10BrClN2O/c1-15-9(6-14-11(15)12)7-16-10-4-2-8(13)3-5-10/h2-6H,7H2,1H3. The van der Waals surface area contributed by atoms with Crippen molar-refractivity contribution in [3.8, 4) is 5.75 Å². The lowest BCUT2D eigenvalue weighted by Crippen LogP contribution is -2.01. The number of halogens is 2. The molecule has 16 heavy (non-hydrogen) atoms. The Morgan fingerprint density at radius 3 is 2.62 bits per heavy atom. The summed E-state index contributed by atoms with van der Waals surface area (Å²) in [6.07, 6.45) is 1.78. The number of ether oxygens (including phenoxy) is 1. The van der Waals surface area contributed by atoms with Crippen molar-refractivity contribution in [2.24, 2.45) is 7.05 Å². The van der Waals surface area contributed by atoms with Gasteiger partial charge < -0.3 is 9.30 Å². The molecule has 0 unspecified atom stereocenters. The van der Waals surface area contributed by atoms with Gasteiger partial charge in [-0.25, -0.2) is 4.98 Å². The van der Waals surface area contributed by atoms with Gasteiger partial charge in [0.1, 0.15) is 12.4 Å². The van der Waals surface area contributed by atoms with E-state index in [-0.39, 0.29) is 0 Å². The topological polar surface area (TPSA) is 27.1 Å². The first-order valence-electron chi connectivity index (χ1n) is 4.71. The summed E-state index contributed by atoms with van der Waals surface area (Å²) in [6, 6.07) is 7.29. The van der Waals surface area contributed by atoms with Crippen LogP contribution in [0.4, 0.5) is 0 Å². The Morgan fingerprint density at radius 2 is 2.06 bits per heavy atom. The molecule has 1 heterocycles. The van der Waals surface area contributed by atoms with Crippen molar-refractivity contribution in [2.75, 3.05) is 0 Å². The molecule has 0 bridgehead atoms. The second kappa shape index (κ2) is 4.89. The Bertz CT molecular complexity index is 481. The van der Waals surface area contributed by atoms with Crippen LogP contribution in [0.2, 0.25) is 5.02 Å². The van der Waals surface area contributed by atoms with Crippen LogP contribution in [-0.2, 0) is 13.7 Å². The molecule has 0 saturated heterocycles. The average Bonchev–Trinajstić information content (AvgIpc) is 2.60. The molecule has 0 saturated carbocycles. The van der Waals surface area contributed by atoms with Crippen molar-refractivity contribution in [2.45, 2.75) is 6.61 Å². The van der Waals surface area contributed by atoms with Crippen LogP contribution in [0.25, 0.3) is 0 Å². The summed E-state index contributed by atoms with van der Waals surface area (Å²) in [5.41, 5.74) is 1.00. The summed E-state index contributed by atoms with van der Waals surface area (Å²) in [7, 11) is 1.93. The molecule has 1 aromatic heterocycles. The van der Waals surface area contributed by atoms with E-state index in [1.807, 2.05) is 23.7 Å². The fourth-order valence-electron chi connectivity index (χ4n) is 1.24. The third-order valence-corrected chi connectivity index (χ3v) is 3.22. The van der Waals surface area contributed by atoms with E-state index in [9.17, 15) is 0 Å². The van der Waals surface area contributed by atoms with Crippen LogP contribution < -0.4 is 4.74 Å². The minimum Gasteiger partial charge on any atom is -0.487 e. The Hall–Kier alpha value is -1.00. The maximum Gasteiger partial charge on any atom is 0.177 e. The maximum absolute atomic E-state index is 5.78. The first-order valence-corrected chi connectivity index (χ1v) is 5.88. The molecule has 0 radical (unpaired) electrons. The van der Waals surface area contributed by atoms with Gasteiger partial charge in [0.05, 0.1) is 11.9 Å². The Kier molecular flexibility index (Phi) is 3.51. The molecule has 0 aliphatic rings. The second-order valence-electron chi connectivity index (χ2n) is 3.32. The van der Waals surface area contributed by atoms with Gasteiger partial charge in [-0.2, -0.15) is 0 Å². The summed E-state index contributed by atoms with van der Waals surface area (Å²) in [5, 5.41) is 0.704. The molecular formula is C11H10BrClN2O. The maximum atomic E-state index is 5.78. The first kappa shape index (κ1) is 11.5. The van der Waals surface area contributed by atoms with Gasteiger partial charge in [-0.1, -0.05) is 11.6 Å². The van der Waals surface area contributed by atoms with Gasteiger partial charge in [0.25, 0.3) is 0 Å². The van der Waals surface area contributed by atoms with Gasteiger partial charge in [0.15, 0.2) is 4.73 Å². The van der Waals surface area contributed by atoms with E-state index in [1.54, 1.807) is 18.3 Å². The lowest BCUT2D eigenvalue weighted by molar-refractivity contribution is 0.297. The smallest absolute Gasteiger partial charge is 0.177 e. The van der Waals surface area contributed by atoms with Crippen molar-refractivity contribution >= 4 is 27.5 Å². The summed E-state index contributed by atoms with van der Waals surface area (Å²) >= 11 is 9.11. The average molecular weight is 302 g/mol. The van der Waals surface area contributed by atoms with E-state index in [1.165, 1.54) is 0 Å². The van der Waals surface area contributed by atoms with E-state index >= 15 is 0 Å². The number of hydrogen-bond acceptors (Lipinski definition) is 2. The minimum atomic E-state index is 0.483. The van der Waals surface area contributed by atoms with Crippen molar-refractivity contribution in [1.29, 1.82) is 0 Å². The number of rotatable bonds is 3. The fourth-order valence-corrected chi connectivity index (χ4v) is 1.70. The lowest BCUT2D eigenvalue weighted by atomic mass is 10.3. The summed E-state index contributed by atoms with van der Waals surface area (Å²) in [4.78, 5) is 4.12. The Labute approximate surface area is 107 Å². The zero-order valence-electron chi connectivity index (χ0n) is 8.65. The molecule has 0 N–H and O–H groups in total. The van der Waals surface area contributed by atoms with Crippen LogP contribution in [0.3, 0.4) is 0 Å². The number of benzene rings is 1. The van der Waals surface area contributed by atoms with E-state index < -0.39 is 0 Å². The monoisotopic (exact) mass is 300 g/mol. The van der Waals surface area contributed by atoms with Gasteiger partial charge >= 0.3 is 0 Å². The van der Waals surface area contributed by atoms with E-state index in [4.69, 9.17) is 16.3 Å². The van der Waals surface area contributed by atoms with Crippen LogP contribution in [0.15, 0.2) is 35.2 Å². The molecule has 5 heteroatoms. The number of imidazole rings is 1. The van der Waals surface area contributed by atoms with Crippen molar-refractivity contribution in [3.63, 3.8) is 0 Å². The molecule has 0 atom stereocenters. The molecule has 2 aromatic rings. The van der Waals surface area contributed by atoms with Crippen molar-refractivity contribution < 1.29 is 4.74 Å². The highest BCUT2D eigenvalue weighted by molar-refractivity contribution is 9.10. The fraction of sp³-hybridized carbons (Fsp3) is 0.182. The molecule has 3 nitrogen and oxygen atoms in total. The number of nitrogens with zero attached hydrogens (tertiary/aromatic N) is 2. The van der Waals surface area contributed by atoms with Crippen molar-refractivity contribution in [1.82, 2.24) is 9.55 Å². The molecule has 0 spiro atoms. The molecule has 1 aromatic carbocycles. The van der Waals surface area contributed by atoms with Crippen LogP contribution in [0.1, 0.15) is 5.69 Å². The summed E-state index contributed by atoms with van der Waals surface area (Å²) < 4.78 is 8.32. The van der Waals surface area contributed by atoms with Crippen LogP contribution in [0.5, 0.6) is 5.75 Å². The minimum absolute atomic E-state index is 0.483. The quantitative estimate of drug-likeness (QED) is 0.868. The molecule has 84 valence electrons. The Balaban J connectivity index is 2.02. The van der Waals surface area contributed by atoms with Gasteiger partial charge in [0, 0.05) is 12.1 Å². The molecule has 0 aliphatic carbocycles. The summed E-state index contributed by atoms with van der Waals surface area (Å²) in [6.45, 7) is 0.483. The number of aromatic nitrogens is 2. The second-order valence-corrected chi connectivity index (χ2v) is 4.47. The molecule has 2 rings (SSSR count). The zero-order valence-corrected chi connectivity index (χ0v) is 11.0. The molecular weight excluding hydrogens is 291 g/mol. The lowest BCUT2D eigenvalue weighted by Gasteiger charge is -2.06. The van der Waals surface area contributed by atoms with Crippen LogP contribution in [0, 0.1) is 0 Å². The first-order chi connectivity index (χ1) is 7.66. The highest BCUT2D eigenvalue weighted by Gasteiger charge is 2.04. The predicted molar refractivity (Wildman–Crippen MR) is 66.7 cm³/mol. The van der Waals surface area contributed by atoms with Gasteiger partial charge in [0.2, 0.25) is 0 Å². The zero-order chi connectivity index (χ0) is 11.5. The van der Waals surface area contributed by atoms with Gasteiger partial charge in [-0.3, -0.25) is 0 Å². The molecule has 0 amide bonds. The molecule has 0 aliphatic heterocycles. The molecule has 0 fully saturated rings. The SMILES string of the molecule is Cn1c(COc2ccc(Cl)cc2)cnc1Br. The Morgan fingerprint density at radius 1 is 1.38 bits per heavy atom. The normalized spacial score (nSPS) is 10.4. The van der Waals surface area contributed by atoms with E-state index in [0.29, 0.717) is 11.6 Å². The van der Waals surface area contributed by atoms with Crippen molar-refractivity contribution in [3.05, 3.63) is 45.9 Å². The van der Waals surface area contributed by atoms with E-state index in [2.05, 4.69) is 20.9 Å². The number of hydrogen-bond donors (Lipinski definition) is 0. The highest BCUT2D eigenvalue weighted by Crippen LogP contribution is 2.17. The third kappa shape index (κ3) is 2.57. The summed E-state index contributed by atoms with van der Waals surface area (Å²) in [5.74, 6) is 0.793. The van der Waals surface area contributed by atoms with Gasteiger partial charge in [-0.15, -0.1) is 0 Å².